The smallest absolute Gasteiger partial charge is 0.165 e. The van der Waals surface area contributed by atoms with Gasteiger partial charge in [-0.2, -0.15) is 0 Å². The maximum Gasteiger partial charge on any atom is 0.165 e. The van der Waals surface area contributed by atoms with E-state index in [1.807, 2.05) is 30.3 Å². The van der Waals surface area contributed by atoms with Gasteiger partial charge in [0, 0.05) is 32.3 Å². The molecular formula is C41H25N3O. The summed E-state index contributed by atoms with van der Waals surface area (Å²) in [5, 5.41) is 5.70. The van der Waals surface area contributed by atoms with Crippen LogP contribution in [0.3, 0.4) is 0 Å². The lowest BCUT2D eigenvalue weighted by atomic mass is 9.82. The first-order valence-electron chi connectivity index (χ1n) is 15.5. The average molecular weight is 576 g/mol. The molecule has 10 aromatic rings. The zero-order valence-corrected chi connectivity index (χ0v) is 24.7. The van der Waals surface area contributed by atoms with Crippen LogP contribution in [0.5, 0.6) is 0 Å². The van der Waals surface area contributed by atoms with Crippen LogP contribution in [0.1, 0.15) is 25.0 Å². The predicted molar refractivity (Wildman–Crippen MR) is 184 cm³/mol. The third-order valence-corrected chi connectivity index (χ3v) is 10.3. The molecule has 0 amide bonds. The number of fused-ring (bicyclic) bond motifs is 13. The molecule has 0 atom stereocenters. The molecule has 1 aliphatic rings. The van der Waals surface area contributed by atoms with Crippen molar-refractivity contribution in [1.29, 1.82) is 0 Å². The lowest BCUT2D eigenvalue weighted by molar-refractivity contribution is 0.660. The molecule has 11 rings (SSSR count). The Labute approximate surface area is 257 Å². The van der Waals surface area contributed by atoms with E-state index in [0.717, 1.165) is 65.9 Å². The normalized spacial score (nSPS) is 14.2. The lowest BCUT2D eigenvalue weighted by Crippen LogP contribution is -2.14. The summed E-state index contributed by atoms with van der Waals surface area (Å²) in [5.41, 5.74) is 15.5. The summed E-state index contributed by atoms with van der Waals surface area (Å²) in [6.07, 6.45) is 0. The van der Waals surface area contributed by atoms with Gasteiger partial charge in [0.25, 0.3) is 0 Å². The highest BCUT2D eigenvalue weighted by Crippen LogP contribution is 2.50. The van der Waals surface area contributed by atoms with Gasteiger partial charge in [-0.3, -0.25) is 4.40 Å². The van der Waals surface area contributed by atoms with Gasteiger partial charge in [-0.1, -0.05) is 80.6 Å². The summed E-state index contributed by atoms with van der Waals surface area (Å²) in [6, 6.07) is 41.5. The fraction of sp³-hybridized carbons (Fsp3) is 0.0732. The van der Waals surface area contributed by atoms with Gasteiger partial charge in [-0.05, 0) is 81.9 Å². The van der Waals surface area contributed by atoms with Gasteiger partial charge in [-0.25, -0.2) is 9.97 Å². The monoisotopic (exact) mass is 575 g/mol. The Morgan fingerprint density at radius 2 is 1.31 bits per heavy atom. The molecule has 4 heterocycles. The van der Waals surface area contributed by atoms with Crippen LogP contribution in [0.2, 0.25) is 0 Å². The molecule has 210 valence electrons. The second-order valence-electron chi connectivity index (χ2n) is 13.0. The summed E-state index contributed by atoms with van der Waals surface area (Å²) in [4.78, 5) is 10.4. The lowest BCUT2D eigenvalue weighted by Gasteiger charge is -2.21. The Hall–Kier alpha value is -5.74. The molecule has 0 saturated carbocycles. The minimum Gasteiger partial charge on any atom is -0.456 e. The second kappa shape index (κ2) is 7.85. The summed E-state index contributed by atoms with van der Waals surface area (Å²) < 4.78 is 8.70. The molecule has 45 heavy (non-hydrogen) atoms. The molecule has 0 aliphatic heterocycles. The molecule has 0 saturated heterocycles. The van der Waals surface area contributed by atoms with Crippen molar-refractivity contribution in [2.24, 2.45) is 0 Å². The van der Waals surface area contributed by atoms with Crippen LogP contribution in [-0.4, -0.2) is 14.4 Å². The van der Waals surface area contributed by atoms with Crippen molar-refractivity contribution in [2.45, 2.75) is 19.3 Å². The number of nitrogens with zero attached hydrogens (tertiary/aromatic N) is 3. The number of hydrogen-bond acceptors (Lipinski definition) is 3. The SMILES string of the molecule is CC1(C)c2ccccc2-c2cc(-c3cc4c5cc6oc7ccccc7c6cc5n5c6nc7ccccc7nc6c(c3)c45)ccc21. The highest BCUT2D eigenvalue weighted by atomic mass is 16.3. The van der Waals surface area contributed by atoms with Crippen LogP contribution < -0.4 is 0 Å². The summed E-state index contributed by atoms with van der Waals surface area (Å²) in [5.74, 6) is 0. The van der Waals surface area contributed by atoms with Gasteiger partial charge in [0.2, 0.25) is 0 Å². The quantitative estimate of drug-likeness (QED) is 0.196. The number of furan rings is 1. The third-order valence-electron chi connectivity index (χ3n) is 10.3. The Balaban J connectivity index is 1.28. The molecule has 0 spiro atoms. The summed E-state index contributed by atoms with van der Waals surface area (Å²) in [7, 11) is 0. The van der Waals surface area contributed by atoms with Crippen molar-refractivity contribution in [3.63, 3.8) is 0 Å². The average Bonchev–Trinajstić information content (AvgIpc) is 3.76. The predicted octanol–water partition coefficient (Wildman–Crippen LogP) is 10.7. The Kier molecular flexibility index (Phi) is 4.13. The van der Waals surface area contributed by atoms with E-state index in [0.29, 0.717) is 0 Å². The van der Waals surface area contributed by atoms with E-state index in [4.69, 9.17) is 14.4 Å². The van der Waals surface area contributed by atoms with Gasteiger partial charge in [0.15, 0.2) is 5.65 Å². The van der Waals surface area contributed by atoms with E-state index >= 15 is 0 Å². The van der Waals surface area contributed by atoms with Crippen molar-refractivity contribution in [3.8, 4) is 22.3 Å². The van der Waals surface area contributed by atoms with Gasteiger partial charge in [0.1, 0.15) is 16.7 Å². The van der Waals surface area contributed by atoms with Crippen LogP contribution >= 0.6 is 0 Å². The second-order valence-corrected chi connectivity index (χ2v) is 13.0. The van der Waals surface area contributed by atoms with Gasteiger partial charge >= 0.3 is 0 Å². The minimum atomic E-state index is -0.0244. The van der Waals surface area contributed by atoms with E-state index < -0.39 is 0 Å². The largest absolute Gasteiger partial charge is 0.456 e. The van der Waals surface area contributed by atoms with Crippen LogP contribution in [0.4, 0.5) is 0 Å². The van der Waals surface area contributed by atoms with Gasteiger partial charge in [0.05, 0.1) is 22.1 Å². The topological polar surface area (TPSA) is 43.3 Å². The zero-order chi connectivity index (χ0) is 29.6. The number of aromatic nitrogens is 3. The van der Waals surface area contributed by atoms with Crippen molar-refractivity contribution in [3.05, 3.63) is 126 Å². The Morgan fingerprint density at radius 1 is 0.556 bits per heavy atom. The first-order chi connectivity index (χ1) is 22.0. The fourth-order valence-electron chi connectivity index (χ4n) is 8.16. The van der Waals surface area contributed by atoms with Crippen molar-refractivity contribution in [2.75, 3.05) is 0 Å². The Bertz CT molecular complexity index is 2910. The highest BCUT2D eigenvalue weighted by molar-refractivity contribution is 6.26. The van der Waals surface area contributed by atoms with Crippen molar-refractivity contribution < 1.29 is 4.42 Å². The number of rotatable bonds is 1. The minimum absolute atomic E-state index is 0.0244. The molecule has 0 radical (unpaired) electrons. The van der Waals surface area contributed by atoms with Crippen molar-refractivity contribution >= 4 is 71.3 Å². The fourth-order valence-corrected chi connectivity index (χ4v) is 8.16. The van der Waals surface area contributed by atoms with Crippen LogP contribution in [-0.2, 0) is 5.41 Å². The van der Waals surface area contributed by atoms with Crippen LogP contribution in [0.25, 0.3) is 93.6 Å². The summed E-state index contributed by atoms with van der Waals surface area (Å²) >= 11 is 0. The molecule has 0 bridgehead atoms. The molecule has 4 nitrogen and oxygen atoms in total. The first-order valence-corrected chi connectivity index (χ1v) is 15.5. The van der Waals surface area contributed by atoms with E-state index in [2.05, 4.69) is 103 Å². The van der Waals surface area contributed by atoms with Gasteiger partial charge in [-0.15, -0.1) is 0 Å². The molecule has 4 aromatic heterocycles. The molecule has 0 N–H and O–H groups in total. The zero-order valence-electron chi connectivity index (χ0n) is 24.7. The maximum atomic E-state index is 6.37. The van der Waals surface area contributed by atoms with E-state index in [-0.39, 0.29) is 5.41 Å². The molecule has 4 heteroatoms. The number of para-hydroxylation sites is 3. The molecule has 0 unspecified atom stereocenters. The van der Waals surface area contributed by atoms with E-state index in [1.165, 1.54) is 38.8 Å². The molecule has 6 aromatic carbocycles. The number of benzene rings is 6. The van der Waals surface area contributed by atoms with E-state index in [1.54, 1.807) is 0 Å². The molecular weight excluding hydrogens is 550 g/mol. The summed E-state index contributed by atoms with van der Waals surface area (Å²) in [6.45, 7) is 4.66. The highest BCUT2D eigenvalue weighted by Gasteiger charge is 2.35. The number of hydrogen-bond donors (Lipinski definition) is 0. The standard InChI is InChI=1S/C41H25N3O/c1-41(2)31-11-5-3-9-24(31)26-17-22(15-16-32(26)41)23-18-29-27-21-37-28(25-10-4-8-14-36(25)45-37)20-35(27)44-39(29)30(19-23)38-40(44)43-34-13-7-6-12-33(34)42-38/h3-21H,1-2H3. The van der Waals surface area contributed by atoms with E-state index in [9.17, 15) is 0 Å². The first kappa shape index (κ1) is 23.7. The maximum absolute atomic E-state index is 6.37. The van der Waals surface area contributed by atoms with Crippen LogP contribution in [0, 0.1) is 0 Å². The molecule has 0 fully saturated rings. The third kappa shape index (κ3) is 2.88. The molecule has 1 aliphatic carbocycles. The van der Waals surface area contributed by atoms with Gasteiger partial charge < -0.3 is 4.42 Å². The van der Waals surface area contributed by atoms with Crippen molar-refractivity contribution in [1.82, 2.24) is 14.4 Å². The van der Waals surface area contributed by atoms with Crippen LogP contribution in [0.15, 0.2) is 120 Å². The Morgan fingerprint density at radius 3 is 2.22 bits per heavy atom.